The lowest BCUT2D eigenvalue weighted by Crippen LogP contribution is -2.29. The zero-order chi connectivity index (χ0) is 21.0. The van der Waals surface area contributed by atoms with Gasteiger partial charge in [-0.1, -0.05) is 42.7 Å². The van der Waals surface area contributed by atoms with Crippen molar-refractivity contribution < 1.29 is 4.39 Å². The van der Waals surface area contributed by atoms with E-state index in [0.29, 0.717) is 23.2 Å². The van der Waals surface area contributed by atoms with Crippen molar-refractivity contribution in [1.82, 2.24) is 15.0 Å². The fraction of sp³-hybridized carbons (Fsp3) is 0.458. The lowest BCUT2D eigenvalue weighted by molar-refractivity contribution is 0.461. The van der Waals surface area contributed by atoms with Crippen molar-refractivity contribution in [2.75, 3.05) is 23.3 Å². The first-order valence-electron chi connectivity index (χ1n) is 11.4. The molecule has 1 aliphatic carbocycles. The van der Waals surface area contributed by atoms with Crippen LogP contribution < -0.4 is 10.2 Å². The van der Waals surface area contributed by atoms with Crippen molar-refractivity contribution in [3.05, 3.63) is 42.3 Å². The third-order valence-corrected chi connectivity index (χ3v) is 7.34. The van der Waals surface area contributed by atoms with E-state index in [1.807, 2.05) is 12.1 Å². The molecule has 0 unspecified atom stereocenters. The molecule has 3 heterocycles. The van der Waals surface area contributed by atoms with E-state index in [0.717, 1.165) is 41.6 Å². The molecule has 3 aromatic rings. The first-order valence-corrected chi connectivity index (χ1v) is 12.2. The maximum absolute atomic E-state index is 14.7. The number of nitrogens with zero attached hydrogens (tertiary/aromatic N) is 4. The van der Waals surface area contributed by atoms with Crippen LogP contribution >= 0.6 is 11.3 Å². The highest BCUT2D eigenvalue weighted by atomic mass is 32.1. The number of rotatable bonds is 5. The van der Waals surface area contributed by atoms with Gasteiger partial charge in [0.1, 0.15) is 5.82 Å². The molecule has 5 rings (SSSR count). The Morgan fingerprint density at radius 2 is 1.71 bits per heavy atom. The Balaban J connectivity index is 1.52. The lowest BCUT2D eigenvalue weighted by atomic mass is 9.96. The number of benzene rings is 1. The molecule has 1 N–H and O–H groups in total. The minimum absolute atomic E-state index is 0.256. The van der Waals surface area contributed by atoms with E-state index in [-0.39, 0.29) is 5.82 Å². The van der Waals surface area contributed by atoms with Gasteiger partial charge in [0.25, 0.3) is 0 Å². The Morgan fingerprint density at radius 1 is 0.935 bits per heavy atom. The lowest BCUT2D eigenvalue weighted by Gasteiger charge is -2.25. The Labute approximate surface area is 186 Å². The summed E-state index contributed by atoms with van der Waals surface area (Å²) in [6.07, 6.45) is 11.5. The van der Waals surface area contributed by atoms with E-state index >= 15 is 0 Å². The molecular formula is C24H28FN5S. The van der Waals surface area contributed by atoms with Gasteiger partial charge in [-0.25, -0.2) is 19.3 Å². The van der Waals surface area contributed by atoms with Crippen molar-refractivity contribution in [3.8, 4) is 21.8 Å². The van der Waals surface area contributed by atoms with E-state index in [9.17, 15) is 4.39 Å². The van der Waals surface area contributed by atoms with Crippen LogP contribution in [0.1, 0.15) is 51.4 Å². The minimum Gasteiger partial charge on any atom is -0.351 e. The number of thiazole rings is 1. The predicted molar refractivity (Wildman–Crippen MR) is 125 cm³/mol. The smallest absolute Gasteiger partial charge is 0.223 e. The zero-order valence-corrected chi connectivity index (χ0v) is 18.5. The second-order valence-corrected chi connectivity index (χ2v) is 9.42. The third-order valence-electron chi connectivity index (χ3n) is 6.20. The van der Waals surface area contributed by atoms with Gasteiger partial charge in [0.05, 0.1) is 16.3 Å². The number of hydrogen-bond acceptors (Lipinski definition) is 6. The monoisotopic (exact) mass is 437 g/mol. The Kier molecular flexibility index (Phi) is 6.11. The molecular weight excluding hydrogens is 409 g/mol. The summed E-state index contributed by atoms with van der Waals surface area (Å²) >= 11 is 1.61. The molecule has 0 amide bonds. The van der Waals surface area contributed by atoms with E-state index in [4.69, 9.17) is 9.97 Å². The molecule has 1 aromatic carbocycles. The highest BCUT2D eigenvalue weighted by Gasteiger charge is 2.23. The summed E-state index contributed by atoms with van der Waals surface area (Å²) in [5.74, 6) is 0.394. The van der Waals surface area contributed by atoms with Crippen LogP contribution in [0.3, 0.4) is 0 Å². The molecule has 0 atom stereocenters. The van der Waals surface area contributed by atoms with Crippen LogP contribution in [0.15, 0.2) is 36.5 Å². The topological polar surface area (TPSA) is 53.9 Å². The Bertz CT molecular complexity index is 1020. The second kappa shape index (κ2) is 9.30. The summed E-state index contributed by atoms with van der Waals surface area (Å²) in [6, 6.07) is 9.21. The second-order valence-electron chi connectivity index (χ2n) is 8.45. The van der Waals surface area contributed by atoms with Crippen LogP contribution in [0, 0.1) is 5.82 Å². The number of aromatic nitrogens is 3. The van der Waals surface area contributed by atoms with Crippen LogP contribution in [0.4, 0.5) is 15.5 Å². The molecule has 0 spiro atoms. The average molecular weight is 438 g/mol. The van der Waals surface area contributed by atoms with E-state index in [1.165, 1.54) is 44.6 Å². The van der Waals surface area contributed by atoms with Gasteiger partial charge in [0, 0.05) is 30.9 Å². The van der Waals surface area contributed by atoms with Crippen LogP contribution in [0.2, 0.25) is 0 Å². The Hall–Kier alpha value is -2.54. The average Bonchev–Trinajstić information content (AvgIpc) is 3.26. The molecule has 162 valence electrons. The minimum atomic E-state index is -0.256. The molecule has 2 aromatic heterocycles. The first kappa shape index (κ1) is 20.4. The molecule has 1 aliphatic heterocycles. The van der Waals surface area contributed by atoms with Crippen molar-refractivity contribution in [2.24, 2.45) is 0 Å². The van der Waals surface area contributed by atoms with Crippen LogP contribution in [-0.4, -0.2) is 34.1 Å². The highest BCUT2D eigenvalue weighted by Crippen LogP contribution is 2.41. The van der Waals surface area contributed by atoms with Crippen LogP contribution in [0.25, 0.3) is 21.8 Å². The molecule has 0 bridgehead atoms. The summed E-state index contributed by atoms with van der Waals surface area (Å²) in [7, 11) is 0. The van der Waals surface area contributed by atoms with Crippen molar-refractivity contribution >= 4 is 22.4 Å². The maximum atomic E-state index is 14.7. The van der Waals surface area contributed by atoms with Gasteiger partial charge in [0.15, 0.2) is 5.13 Å². The van der Waals surface area contributed by atoms with Gasteiger partial charge >= 0.3 is 0 Å². The largest absolute Gasteiger partial charge is 0.351 e. The molecule has 31 heavy (non-hydrogen) atoms. The summed E-state index contributed by atoms with van der Waals surface area (Å²) < 4.78 is 14.7. The fourth-order valence-electron chi connectivity index (χ4n) is 4.52. The molecule has 7 heteroatoms. The molecule has 2 aliphatic rings. The number of piperidine rings is 1. The van der Waals surface area contributed by atoms with Gasteiger partial charge < -0.3 is 10.2 Å². The summed E-state index contributed by atoms with van der Waals surface area (Å²) in [5.41, 5.74) is 2.00. The maximum Gasteiger partial charge on any atom is 0.223 e. The number of halogens is 1. The van der Waals surface area contributed by atoms with Crippen molar-refractivity contribution in [1.29, 1.82) is 0 Å². The van der Waals surface area contributed by atoms with E-state index in [1.54, 1.807) is 29.7 Å². The molecule has 2 fully saturated rings. The SMILES string of the molecule is Fc1ccccc1-c1nc(N2CCCCC2)sc1-c1ccnc(NC2CCCCC2)n1. The number of hydrogen-bond donors (Lipinski definition) is 1. The summed E-state index contributed by atoms with van der Waals surface area (Å²) in [4.78, 5) is 17.4. The number of anilines is 2. The van der Waals surface area contributed by atoms with Crippen LogP contribution in [0.5, 0.6) is 0 Å². The molecule has 5 nitrogen and oxygen atoms in total. The van der Waals surface area contributed by atoms with Gasteiger partial charge in [-0.15, -0.1) is 0 Å². The fourth-order valence-corrected chi connectivity index (χ4v) is 5.62. The summed E-state index contributed by atoms with van der Waals surface area (Å²) in [5, 5.41) is 4.46. The Morgan fingerprint density at radius 3 is 2.52 bits per heavy atom. The zero-order valence-electron chi connectivity index (χ0n) is 17.7. The van der Waals surface area contributed by atoms with E-state index < -0.39 is 0 Å². The standard InChI is InChI=1S/C24H28FN5S/c25-19-12-6-5-11-18(19)21-22(31-24(29-21)30-15-7-2-8-16-30)20-13-14-26-23(28-20)27-17-9-3-1-4-10-17/h5-6,11-14,17H,1-4,7-10,15-16H2,(H,26,27,28). The third kappa shape index (κ3) is 4.56. The first-order chi connectivity index (χ1) is 15.3. The van der Waals surface area contributed by atoms with Crippen molar-refractivity contribution in [2.45, 2.75) is 57.4 Å². The molecule has 1 saturated carbocycles. The van der Waals surface area contributed by atoms with Crippen LogP contribution in [-0.2, 0) is 0 Å². The number of nitrogens with one attached hydrogen (secondary N) is 1. The predicted octanol–water partition coefficient (Wildman–Crippen LogP) is 6.14. The molecule has 1 saturated heterocycles. The highest BCUT2D eigenvalue weighted by molar-refractivity contribution is 7.19. The normalized spacial score (nSPS) is 17.6. The van der Waals surface area contributed by atoms with Crippen molar-refractivity contribution in [3.63, 3.8) is 0 Å². The quantitative estimate of drug-likeness (QED) is 0.519. The van der Waals surface area contributed by atoms with E-state index in [2.05, 4.69) is 15.2 Å². The van der Waals surface area contributed by atoms with Gasteiger partial charge in [-0.3, -0.25) is 0 Å². The van der Waals surface area contributed by atoms with Gasteiger partial charge in [-0.2, -0.15) is 0 Å². The van der Waals surface area contributed by atoms with Gasteiger partial charge in [-0.05, 0) is 50.3 Å². The summed E-state index contributed by atoms with van der Waals surface area (Å²) in [6.45, 7) is 2.00. The van der Waals surface area contributed by atoms with Gasteiger partial charge in [0.2, 0.25) is 5.95 Å². The molecule has 0 radical (unpaired) electrons.